The minimum Gasteiger partial charge on any atom is -0.392 e. The summed E-state index contributed by atoms with van der Waals surface area (Å²) < 4.78 is 0. The molecule has 0 bridgehead atoms. The molecule has 2 nitrogen and oxygen atoms in total. The van der Waals surface area contributed by atoms with Gasteiger partial charge in [0.1, 0.15) is 0 Å². The molecule has 0 aromatic carbocycles. The van der Waals surface area contributed by atoms with Crippen molar-refractivity contribution in [3.8, 4) is 0 Å². The van der Waals surface area contributed by atoms with Crippen molar-refractivity contribution in [3.63, 3.8) is 0 Å². The zero-order chi connectivity index (χ0) is 12.5. The minimum atomic E-state index is -0.101. The molecular formula is C15H29NO. The molecule has 2 aliphatic rings. The van der Waals surface area contributed by atoms with Gasteiger partial charge in [0.25, 0.3) is 0 Å². The van der Waals surface area contributed by atoms with E-state index in [9.17, 15) is 5.11 Å². The maximum Gasteiger partial charge on any atom is 0.0621 e. The SMILES string of the molecule is CC1CCC(CCNC2CC(O)C2(C)C)CC1. The van der Waals surface area contributed by atoms with Crippen molar-refractivity contribution in [3.05, 3.63) is 0 Å². The van der Waals surface area contributed by atoms with E-state index >= 15 is 0 Å². The molecule has 0 radical (unpaired) electrons. The van der Waals surface area contributed by atoms with E-state index in [2.05, 4.69) is 26.1 Å². The van der Waals surface area contributed by atoms with Crippen LogP contribution < -0.4 is 5.32 Å². The summed E-state index contributed by atoms with van der Waals surface area (Å²) in [5, 5.41) is 13.3. The van der Waals surface area contributed by atoms with Crippen LogP contribution in [0.1, 0.15) is 59.3 Å². The maximum atomic E-state index is 9.68. The van der Waals surface area contributed by atoms with Gasteiger partial charge in [-0.3, -0.25) is 0 Å². The van der Waals surface area contributed by atoms with Crippen LogP contribution in [0, 0.1) is 17.3 Å². The van der Waals surface area contributed by atoms with Gasteiger partial charge in [0.05, 0.1) is 6.10 Å². The van der Waals surface area contributed by atoms with Gasteiger partial charge in [0.2, 0.25) is 0 Å². The molecule has 2 heteroatoms. The Hall–Kier alpha value is -0.0800. The number of hydrogen-bond donors (Lipinski definition) is 2. The smallest absolute Gasteiger partial charge is 0.0621 e. The molecule has 2 N–H and O–H groups in total. The second kappa shape index (κ2) is 5.27. The van der Waals surface area contributed by atoms with Gasteiger partial charge in [-0.25, -0.2) is 0 Å². The number of nitrogens with one attached hydrogen (secondary N) is 1. The molecular weight excluding hydrogens is 210 g/mol. The van der Waals surface area contributed by atoms with Gasteiger partial charge < -0.3 is 10.4 Å². The van der Waals surface area contributed by atoms with E-state index in [0.29, 0.717) is 6.04 Å². The third kappa shape index (κ3) is 3.03. The maximum absolute atomic E-state index is 9.68. The van der Waals surface area contributed by atoms with Crippen LogP contribution in [-0.4, -0.2) is 23.8 Å². The van der Waals surface area contributed by atoms with Gasteiger partial charge in [-0.2, -0.15) is 0 Å². The minimum absolute atomic E-state index is 0.0844. The summed E-state index contributed by atoms with van der Waals surface area (Å²) in [7, 11) is 0. The van der Waals surface area contributed by atoms with Gasteiger partial charge in [-0.05, 0) is 31.2 Å². The summed E-state index contributed by atoms with van der Waals surface area (Å²) in [6.07, 6.45) is 7.88. The lowest BCUT2D eigenvalue weighted by Crippen LogP contribution is -2.60. The lowest BCUT2D eigenvalue weighted by molar-refractivity contribution is -0.0725. The fraction of sp³-hybridized carbons (Fsp3) is 1.00. The fourth-order valence-electron chi connectivity index (χ4n) is 3.33. The largest absolute Gasteiger partial charge is 0.392 e. The highest BCUT2D eigenvalue weighted by Gasteiger charge is 2.46. The Morgan fingerprint density at radius 1 is 1.18 bits per heavy atom. The van der Waals surface area contributed by atoms with Crippen LogP contribution in [0.15, 0.2) is 0 Å². The highest BCUT2D eigenvalue weighted by molar-refractivity contribution is 5.01. The lowest BCUT2D eigenvalue weighted by atomic mass is 9.64. The Morgan fingerprint density at radius 2 is 1.82 bits per heavy atom. The topological polar surface area (TPSA) is 32.3 Å². The van der Waals surface area contributed by atoms with Gasteiger partial charge in [-0.15, -0.1) is 0 Å². The summed E-state index contributed by atoms with van der Waals surface area (Å²) in [6, 6.07) is 0.528. The predicted molar refractivity (Wildman–Crippen MR) is 71.9 cm³/mol. The third-order valence-corrected chi connectivity index (χ3v) is 5.29. The second-order valence-corrected chi connectivity index (χ2v) is 6.99. The van der Waals surface area contributed by atoms with E-state index in [1.807, 2.05) is 0 Å². The van der Waals surface area contributed by atoms with E-state index in [4.69, 9.17) is 0 Å². The normalized spacial score (nSPS) is 40.9. The van der Waals surface area contributed by atoms with Crippen LogP contribution in [0.5, 0.6) is 0 Å². The monoisotopic (exact) mass is 239 g/mol. The Kier molecular flexibility index (Phi) is 4.14. The molecule has 2 aliphatic carbocycles. The summed E-state index contributed by atoms with van der Waals surface area (Å²) in [4.78, 5) is 0. The molecule has 2 rings (SSSR count). The first kappa shape index (κ1) is 13.4. The van der Waals surface area contributed by atoms with E-state index in [0.717, 1.165) is 24.8 Å². The molecule has 100 valence electrons. The molecule has 0 aliphatic heterocycles. The number of aliphatic hydroxyl groups is 1. The summed E-state index contributed by atoms with van der Waals surface area (Å²) in [5.74, 6) is 1.91. The van der Waals surface area contributed by atoms with Crippen LogP contribution in [0.2, 0.25) is 0 Å². The van der Waals surface area contributed by atoms with Gasteiger partial charge in [0.15, 0.2) is 0 Å². The lowest BCUT2D eigenvalue weighted by Gasteiger charge is -2.49. The Balaban J connectivity index is 1.61. The van der Waals surface area contributed by atoms with Crippen LogP contribution in [0.4, 0.5) is 0 Å². The van der Waals surface area contributed by atoms with Crippen molar-refractivity contribution in [2.75, 3.05) is 6.54 Å². The number of rotatable bonds is 4. The molecule has 2 atom stereocenters. The zero-order valence-electron chi connectivity index (χ0n) is 11.7. The van der Waals surface area contributed by atoms with Gasteiger partial charge in [0, 0.05) is 11.5 Å². The Morgan fingerprint density at radius 3 is 2.35 bits per heavy atom. The second-order valence-electron chi connectivity index (χ2n) is 6.99. The van der Waals surface area contributed by atoms with Crippen LogP contribution in [-0.2, 0) is 0 Å². The van der Waals surface area contributed by atoms with Gasteiger partial charge >= 0.3 is 0 Å². The van der Waals surface area contributed by atoms with Crippen molar-refractivity contribution in [1.29, 1.82) is 0 Å². The van der Waals surface area contributed by atoms with Crippen molar-refractivity contribution >= 4 is 0 Å². The molecule has 0 aromatic heterocycles. The van der Waals surface area contributed by atoms with E-state index in [1.54, 1.807) is 0 Å². The first-order chi connectivity index (χ1) is 8.00. The molecule has 0 aromatic rings. The predicted octanol–water partition coefficient (Wildman–Crippen LogP) is 2.95. The summed E-state index contributed by atoms with van der Waals surface area (Å²) in [6.45, 7) is 7.86. The summed E-state index contributed by atoms with van der Waals surface area (Å²) >= 11 is 0. The van der Waals surface area contributed by atoms with E-state index in [1.165, 1.54) is 32.1 Å². The number of hydrogen-bond acceptors (Lipinski definition) is 2. The molecule has 2 fully saturated rings. The first-order valence-corrected chi connectivity index (χ1v) is 7.41. The molecule has 2 unspecified atom stereocenters. The van der Waals surface area contributed by atoms with Crippen molar-refractivity contribution < 1.29 is 5.11 Å². The highest BCUT2D eigenvalue weighted by atomic mass is 16.3. The van der Waals surface area contributed by atoms with Crippen LogP contribution in [0.25, 0.3) is 0 Å². The van der Waals surface area contributed by atoms with Crippen LogP contribution in [0.3, 0.4) is 0 Å². The van der Waals surface area contributed by atoms with Gasteiger partial charge in [-0.1, -0.05) is 46.5 Å². The molecule has 0 amide bonds. The van der Waals surface area contributed by atoms with E-state index < -0.39 is 0 Å². The third-order valence-electron chi connectivity index (χ3n) is 5.29. The number of aliphatic hydroxyl groups excluding tert-OH is 1. The van der Waals surface area contributed by atoms with E-state index in [-0.39, 0.29) is 11.5 Å². The molecule has 17 heavy (non-hydrogen) atoms. The Labute approximate surface area is 106 Å². The van der Waals surface area contributed by atoms with Crippen LogP contribution >= 0.6 is 0 Å². The highest BCUT2D eigenvalue weighted by Crippen LogP contribution is 2.40. The fourth-order valence-corrected chi connectivity index (χ4v) is 3.33. The quantitative estimate of drug-likeness (QED) is 0.790. The average Bonchev–Trinajstić information content (AvgIpc) is 2.30. The van der Waals surface area contributed by atoms with Crippen molar-refractivity contribution in [2.45, 2.75) is 71.4 Å². The Bertz CT molecular complexity index is 243. The first-order valence-electron chi connectivity index (χ1n) is 7.41. The standard InChI is InChI=1S/C15H29NO/c1-11-4-6-12(7-5-11)8-9-16-13-10-14(17)15(13,2)3/h11-14,16-17H,4-10H2,1-3H3. The molecule has 0 spiro atoms. The molecule has 2 saturated carbocycles. The molecule has 0 saturated heterocycles. The molecule has 0 heterocycles. The van der Waals surface area contributed by atoms with Crippen molar-refractivity contribution in [2.24, 2.45) is 17.3 Å². The van der Waals surface area contributed by atoms with Crippen molar-refractivity contribution in [1.82, 2.24) is 5.32 Å². The average molecular weight is 239 g/mol. The zero-order valence-corrected chi connectivity index (χ0v) is 11.7. The summed E-state index contributed by atoms with van der Waals surface area (Å²) in [5.41, 5.74) is 0.0844.